The fraction of sp³-hybridized carbons (Fsp3) is 0.0370. The van der Waals surface area contributed by atoms with Gasteiger partial charge in [0, 0.05) is 54.7 Å². The molecule has 1 amide bonds. The quantitative estimate of drug-likeness (QED) is 0.326. The zero-order valence-corrected chi connectivity index (χ0v) is 21.3. The fourth-order valence-electron chi connectivity index (χ4n) is 3.68. The van der Waals surface area contributed by atoms with E-state index in [4.69, 9.17) is 16.3 Å². The maximum Gasteiger partial charge on any atom is 0.351 e. The summed E-state index contributed by atoms with van der Waals surface area (Å²) in [6.45, 7) is 0. The van der Waals surface area contributed by atoms with Crippen LogP contribution in [0.3, 0.4) is 0 Å². The van der Waals surface area contributed by atoms with Gasteiger partial charge in [0.25, 0.3) is 11.5 Å². The van der Waals surface area contributed by atoms with Crippen LogP contribution in [-0.2, 0) is 7.05 Å². The molecule has 0 aliphatic heterocycles. The minimum atomic E-state index is -1.01. The molecule has 2 aromatic carbocycles. The molecule has 10 nitrogen and oxygen atoms in total. The summed E-state index contributed by atoms with van der Waals surface area (Å²) < 4.78 is 35.7. The van der Waals surface area contributed by atoms with Crippen molar-refractivity contribution in [2.45, 2.75) is 0 Å². The van der Waals surface area contributed by atoms with Gasteiger partial charge in [-0.15, -0.1) is 0 Å². The van der Waals surface area contributed by atoms with Crippen molar-refractivity contribution in [2.24, 2.45) is 7.05 Å². The van der Waals surface area contributed by atoms with Gasteiger partial charge in [0.05, 0.1) is 10.7 Å². The second kappa shape index (κ2) is 10.9. The normalized spacial score (nSPS) is 10.8. The Labute approximate surface area is 229 Å². The van der Waals surface area contributed by atoms with Gasteiger partial charge in [0.15, 0.2) is 11.6 Å². The van der Waals surface area contributed by atoms with Gasteiger partial charge in [-0.05, 0) is 42.5 Å². The molecule has 5 rings (SSSR count). The molecule has 0 radical (unpaired) electrons. The number of aromatic nitrogens is 5. The highest BCUT2D eigenvalue weighted by molar-refractivity contribution is 6.30. The predicted octanol–water partition coefficient (Wildman–Crippen LogP) is 4.36. The van der Waals surface area contributed by atoms with Gasteiger partial charge in [-0.2, -0.15) is 9.78 Å². The van der Waals surface area contributed by atoms with E-state index in [1.807, 2.05) is 0 Å². The van der Waals surface area contributed by atoms with Gasteiger partial charge < -0.3 is 10.1 Å². The first-order chi connectivity index (χ1) is 19.2. The Balaban J connectivity index is 1.41. The number of anilines is 1. The number of carbonyl (C=O) groups excluding carboxylic acids is 1. The van der Waals surface area contributed by atoms with Crippen molar-refractivity contribution in [2.75, 3.05) is 5.32 Å². The van der Waals surface area contributed by atoms with E-state index in [1.54, 1.807) is 36.8 Å². The maximum atomic E-state index is 15.0. The molecule has 0 fully saturated rings. The SMILES string of the molecule is Cn1c(=O)c(C(=O)Nc2ccc(Oc3ccncc3-c3cccnc3)c(F)c2)nn(-c2ccc(F)c(Cl)c2)c1=O. The molecule has 0 aliphatic rings. The number of carbonyl (C=O) groups is 1. The van der Waals surface area contributed by atoms with Crippen LogP contribution in [0.5, 0.6) is 11.5 Å². The summed E-state index contributed by atoms with van der Waals surface area (Å²) in [6, 6.07) is 12.1. The standard InChI is InChI=1S/C27H17ClF2N6O4/c1-35-26(38)24(34-36(27(35)39)17-5-6-20(29)19(28)12-17)25(37)33-16-4-7-23(21(30)11-16)40-22-8-10-32-14-18(22)15-3-2-9-31-13-15/h2-14H,1H3,(H,33,37). The molecule has 5 aromatic rings. The second-order valence-corrected chi connectivity index (χ2v) is 8.73. The van der Waals surface area contributed by atoms with E-state index in [-0.39, 0.29) is 22.1 Å². The lowest BCUT2D eigenvalue weighted by Gasteiger charge is -2.13. The molecular weight excluding hydrogens is 546 g/mol. The van der Waals surface area contributed by atoms with Crippen LogP contribution >= 0.6 is 11.6 Å². The Morgan fingerprint density at radius 3 is 2.48 bits per heavy atom. The zero-order chi connectivity index (χ0) is 28.4. The van der Waals surface area contributed by atoms with E-state index >= 15 is 4.39 Å². The van der Waals surface area contributed by atoms with Gasteiger partial charge in [-0.1, -0.05) is 17.7 Å². The number of ether oxygens (including phenoxy) is 1. The fourth-order valence-corrected chi connectivity index (χ4v) is 3.86. The van der Waals surface area contributed by atoms with Crippen molar-refractivity contribution in [1.82, 2.24) is 24.3 Å². The summed E-state index contributed by atoms with van der Waals surface area (Å²) >= 11 is 5.80. The van der Waals surface area contributed by atoms with Gasteiger partial charge in [0.2, 0.25) is 5.69 Å². The van der Waals surface area contributed by atoms with E-state index in [9.17, 15) is 18.8 Å². The Morgan fingerprint density at radius 2 is 1.75 bits per heavy atom. The Bertz CT molecular complexity index is 1880. The van der Waals surface area contributed by atoms with Crippen molar-refractivity contribution < 1.29 is 18.3 Å². The molecule has 0 spiro atoms. The average molecular weight is 563 g/mol. The summed E-state index contributed by atoms with van der Waals surface area (Å²) in [7, 11) is 1.15. The van der Waals surface area contributed by atoms with Gasteiger partial charge in [0.1, 0.15) is 11.6 Å². The third-order valence-electron chi connectivity index (χ3n) is 5.70. The minimum absolute atomic E-state index is 0.0107. The molecule has 0 aliphatic carbocycles. The van der Waals surface area contributed by atoms with Crippen molar-refractivity contribution in [3.8, 4) is 28.3 Å². The summed E-state index contributed by atoms with van der Waals surface area (Å²) in [5.41, 5.74) is -1.23. The molecule has 0 saturated carbocycles. The lowest BCUT2D eigenvalue weighted by molar-refractivity contribution is 0.101. The lowest BCUT2D eigenvalue weighted by atomic mass is 10.1. The van der Waals surface area contributed by atoms with Gasteiger partial charge in [-0.3, -0.25) is 24.1 Å². The number of rotatable bonds is 6. The third-order valence-corrected chi connectivity index (χ3v) is 5.99. The Hall–Kier alpha value is -5.23. The van der Waals surface area contributed by atoms with Crippen LogP contribution in [0.2, 0.25) is 5.02 Å². The highest BCUT2D eigenvalue weighted by Gasteiger charge is 2.20. The summed E-state index contributed by atoms with van der Waals surface area (Å²) in [4.78, 5) is 46.3. The van der Waals surface area contributed by atoms with Gasteiger partial charge in [-0.25, -0.2) is 13.6 Å². The first-order valence-corrected chi connectivity index (χ1v) is 11.9. The summed E-state index contributed by atoms with van der Waals surface area (Å²) in [5, 5.41) is 5.95. The highest BCUT2D eigenvalue weighted by Crippen LogP contribution is 2.34. The molecule has 0 unspecified atom stereocenters. The number of hydrogen-bond donors (Lipinski definition) is 1. The average Bonchev–Trinajstić information content (AvgIpc) is 2.95. The minimum Gasteiger partial charge on any atom is -0.454 e. The monoisotopic (exact) mass is 562 g/mol. The predicted molar refractivity (Wildman–Crippen MR) is 142 cm³/mol. The van der Waals surface area contributed by atoms with Crippen LogP contribution in [-0.4, -0.2) is 30.2 Å². The Morgan fingerprint density at radius 1 is 0.950 bits per heavy atom. The largest absolute Gasteiger partial charge is 0.454 e. The van der Waals surface area contributed by atoms with Crippen LogP contribution in [0.1, 0.15) is 10.5 Å². The molecule has 200 valence electrons. The number of hydrogen-bond acceptors (Lipinski definition) is 7. The van der Waals surface area contributed by atoms with Crippen LogP contribution in [0.15, 0.2) is 89.0 Å². The number of halogens is 3. The van der Waals surface area contributed by atoms with Crippen molar-refractivity contribution in [1.29, 1.82) is 0 Å². The van der Waals surface area contributed by atoms with E-state index in [2.05, 4.69) is 20.4 Å². The third kappa shape index (κ3) is 5.20. The van der Waals surface area contributed by atoms with Crippen molar-refractivity contribution in [3.05, 3.63) is 123 Å². The topological polar surface area (TPSA) is 121 Å². The van der Waals surface area contributed by atoms with Crippen molar-refractivity contribution in [3.63, 3.8) is 0 Å². The van der Waals surface area contributed by atoms with Crippen LogP contribution in [0.25, 0.3) is 16.8 Å². The van der Waals surface area contributed by atoms with E-state index in [0.717, 1.165) is 29.9 Å². The van der Waals surface area contributed by atoms with E-state index in [0.29, 0.717) is 21.4 Å². The molecular formula is C27H17ClF2N6O4. The smallest absolute Gasteiger partial charge is 0.351 e. The molecule has 40 heavy (non-hydrogen) atoms. The van der Waals surface area contributed by atoms with E-state index in [1.165, 1.54) is 24.4 Å². The zero-order valence-electron chi connectivity index (χ0n) is 20.5. The first kappa shape index (κ1) is 26.4. The van der Waals surface area contributed by atoms with Crippen LogP contribution in [0.4, 0.5) is 14.5 Å². The molecule has 0 saturated heterocycles. The summed E-state index contributed by atoms with van der Waals surface area (Å²) in [5.74, 6) is -2.35. The second-order valence-electron chi connectivity index (χ2n) is 8.32. The van der Waals surface area contributed by atoms with E-state index < -0.39 is 34.5 Å². The molecule has 0 bridgehead atoms. The molecule has 13 heteroatoms. The van der Waals surface area contributed by atoms with Crippen LogP contribution in [0, 0.1) is 11.6 Å². The molecule has 1 N–H and O–H groups in total. The molecule has 3 aromatic heterocycles. The Kier molecular flexibility index (Phi) is 7.17. The van der Waals surface area contributed by atoms with Crippen molar-refractivity contribution >= 4 is 23.2 Å². The molecule has 3 heterocycles. The number of nitrogens with zero attached hydrogens (tertiary/aromatic N) is 5. The first-order valence-electron chi connectivity index (χ1n) is 11.5. The number of amides is 1. The van der Waals surface area contributed by atoms with Crippen LogP contribution < -0.4 is 21.3 Å². The molecule has 0 atom stereocenters. The summed E-state index contributed by atoms with van der Waals surface area (Å²) in [6.07, 6.45) is 6.29. The lowest BCUT2D eigenvalue weighted by Crippen LogP contribution is -2.43. The number of pyridine rings is 2. The maximum absolute atomic E-state index is 15.0. The highest BCUT2D eigenvalue weighted by atomic mass is 35.5. The number of nitrogens with one attached hydrogen (secondary N) is 1. The van der Waals surface area contributed by atoms with Gasteiger partial charge >= 0.3 is 5.69 Å². The number of benzene rings is 2.